The standard InChI is InChI=1S/C15H14N12O2/c1-7-10(11(16)27(24-7)12-19-14(28)21-15(29)20-12)22-23-13-18-8(2)25-26(13)9-5-3-4-6-17-9/h3-6H,16H2,1-2H3,(H2,19,20,21,28,29)/b23-22+. The van der Waals surface area contributed by atoms with Crippen molar-refractivity contribution in [2.75, 3.05) is 5.73 Å². The Hall–Kier alpha value is -4.49. The van der Waals surface area contributed by atoms with Gasteiger partial charge in [-0.15, -0.1) is 15.3 Å². The normalized spacial score (nSPS) is 11.4. The van der Waals surface area contributed by atoms with Crippen LogP contribution >= 0.6 is 0 Å². The third-order valence-corrected chi connectivity index (χ3v) is 3.72. The highest BCUT2D eigenvalue weighted by atomic mass is 16.2. The lowest BCUT2D eigenvalue weighted by atomic mass is 10.4. The number of rotatable bonds is 4. The molecule has 4 aromatic heterocycles. The van der Waals surface area contributed by atoms with Crippen molar-refractivity contribution in [1.29, 1.82) is 0 Å². The summed E-state index contributed by atoms with van der Waals surface area (Å²) in [6, 6.07) is 5.33. The number of hydrogen-bond acceptors (Lipinski definition) is 10. The van der Waals surface area contributed by atoms with E-state index in [0.717, 1.165) is 4.68 Å². The summed E-state index contributed by atoms with van der Waals surface area (Å²) < 4.78 is 2.53. The number of nitrogens with zero attached hydrogens (tertiary/aromatic N) is 9. The van der Waals surface area contributed by atoms with Gasteiger partial charge >= 0.3 is 11.4 Å². The first-order valence-corrected chi connectivity index (χ1v) is 8.25. The van der Waals surface area contributed by atoms with Gasteiger partial charge in [0.25, 0.3) is 5.95 Å². The molecule has 0 radical (unpaired) electrons. The molecule has 4 N–H and O–H groups in total. The highest BCUT2D eigenvalue weighted by Crippen LogP contribution is 2.29. The lowest BCUT2D eigenvalue weighted by Gasteiger charge is -2.01. The van der Waals surface area contributed by atoms with Gasteiger partial charge in [-0.2, -0.15) is 24.4 Å². The summed E-state index contributed by atoms with van der Waals surface area (Å²) in [4.78, 5) is 39.3. The number of aryl methyl sites for hydroxylation is 2. The van der Waals surface area contributed by atoms with Crippen molar-refractivity contribution in [3.8, 4) is 11.8 Å². The summed E-state index contributed by atoms with van der Waals surface area (Å²) in [5.74, 6) is 1.08. The van der Waals surface area contributed by atoms with Crippen LogP contribution in [0.4, 0.5) is 17.5 Å². The van der Waals surface area contributed by atoms with Crippen LogP contribution in [-0.4, -0.2) is 44.5 Å². The number of nitrogens with one attached hydrogen (secondary N) is 2. The fourth-order valence-electron chi connectivity index (χ4n) is 2.50. The van der Waals surface area contributed by atoms with E-state index in [2.05, 4.69) is 40.4 Å². The molecule has 0 atom stereocenters. The lowest BCUT2D eigenvalue weighted by Crippen LogP contribution is -2.28. The van der Waals surface area contributed by atoms with E-state index in [1.807, 2.05) is 11.1 Å². The number of hydrogen-bond donors (Lipinski definition) is 3. The Balaban J connectivity index is 1.75. The van der Waals surface area contributed by atoms with Crippen molar-refractivity contribution in [3.05, 3.63) is 56.9 Å². The van der Waals surface area contributed by atoms with Gasteiger partial charge in [0.2, 0.25) is 5.95 Å². The number of nitrogens with two attached hydrogens (primary N) is 1. The molecule has 0 aliphatic rings. The third kappa shape index (κ3) is 3.41. The molecule has 0 amide bonds. The Morgan fingerprint density at radius 3 is 2.59 bits per heavy atom. The molecule has 4 rings (SSSR count). The van der Waals surface area contributed by atoms with E-state index in [0.29, 0.717) is 17.3 Å². The number of nitrogen functional groups attached to an aromatic ring is 1. The van der Waals surface area contributed by atoms with E-state index in [-0.39, 0.29) is 23.4 Å². The second kappa shape index (κ2) is 6.91. The molecular formula is C15H14N12O2. The largest absolute Gasteiger partial charge is 0.382 e. The summed E-state index contributed by atoms with van der Waals surface area (Å²) in [5.41, 5.74) is 5.12. The molecule has 0 spiro atoms. The SMILES string of the molecule is Cc1nc(/N=N/c2c(C)nn(-c3nc(=O)[nH]c(=O)[nH]3)c2N)n(-c2ccccn2)n1. The number of H-pyrrole nitrogens is 2. The first-order chi connectivity index (χ1) is 13.9. The maximum absolute atomic E-state index is 11.5. The number of azo groups is 1. The van der Waals surface area contributed by atoms with E-state index < -0.39 is 11.4 Å². The van der Waals surface area contributed by atoms with Crippen LogP contribution in [0.25, 0.3) is 11.8 Å². The van der Waals surface area contributed by atoms with E-state index in [1.54, 1.807) is 32.2 Å². The van der Waals surface area contributed by atoms with Gasteiger partial charge in [0.1, 0.15) is 5.82 Å². The van der Waals surface area contributed by atoms with Crippen molar-refractivity contribution < 1.29 is 0 Å². The monoisotopic (exact) mass is 394 g/mol. The van der Waals surface area contributed by atoms with E-state index in [1.165, 1.54) is 4.68 Å². The molecule has 0 saturated heterocycles. The van der Waals surface area contributed by atoms with Crippen molar-refractivity contribution in [1.82, 2.24) is 44.5 Å². The average molecular weight is 394 g/mol. The maximum atomic E-state index is 11.5. The van der Waals surface area contributed by atoms with Crippen LogP contribution in [-0.2, 0) is 0 Å². The van der Waals surface area contributed by atoms with Crippen molar-refractivity contribution in [2.24, 2.45) is 10.2 Å². The Bertz CT molecular complexity index is 1300. The van der Waals surface area contributed by atoms with E-state index in [9.17, 15) is 9.59 Å². The highest BCUT2D eigenvalue weighted by molar-refractivity contribution is 5.62. The minimum Gasteiger partial charge on any atom is -0.382 e. The van der Waals surface area contributed by atoms with Gasteiger partial charge in [-0.1, -0.05) is 6.07 Å². The van der Waals surface area contributed by atoms with Crippen LogP contribution in [0.3, 0.4) is 0 Å². The molecule has 29 heavy (non-hydrogen) atoms. The minimum atomic E-state index is -0.835. The number of pyridine rings is 1. The molecule has 14 heteroatoms. The molecule has 0 bridgehead atoms. The quantitative estimate of drug-likeness (QED) is 0.410. The van der Waals surface area contributed by atoms with E-state index >= 15 is 0 Å². The second-order valence-corrected chi connectivity index (χ2v) is 5.81. The van der Waals surface area contributed by atoms with Gasteiger partial charge in [0.05, 0.1) is 5.69 Å². The topological polar surface area (TPSA) is 191 Å². The summed E-state index contributed by atoms with van der Waals surface area (Å²) in [7, 11) is 0. The van der Waals surface area contributed by atoms with Crippen LogP contribution in [0, 0.1) is 13.8 Å². The molecule has 0 saturated carbocycles. The summed E-state index contributed by atoms with van der Waals surface area (Å²) in [6.45, 7) is 3.35. The van der Waals surface area contributed by atoms with Gasteiger partial charge < -0.3 is 5.73 Å². The molecule has 4 heterocycles. The molecule has 4 aromatic rings. The van der Waals surface area contributed by atoms with Crippen molar-refractivity contribution >= 4 is 17.5 Å². The van der Waals surface area contributed by atoms with Crippen LogP contribution in [0.15, 0.2) is 44.2 Å². The van der Waals surface area contributed by atoms with E-state index in [4.69, 9.17) is 5.73 Å². The Morgan fingerprint density at radius 2 is 1.86 bits per heavy atom. The lowest BCUT2D eigenvalue weighted by molar-refractivity contribution is 0.767. The molecule has 146 valence electrons. The molecule has 14 nitrogen and oxygen atoms in total. The minimum absolute atomic E-state index is 0.0284. The van der Waals surface area contributed by atoms with Crippen LogP contribution < -0.4 is 17.1 Å². The summed E-state index contributed by atoms with van der Waals surface area (Å²) in [6.07, 6.45) is 1.62. The van der Waals surface area contributed by atoms with Crippen LogP contribution in [0.2, 0.25) is 0 Å². The third-order valence-electron chi connectivity index (χ3n) is 3.72. The van der Waals surface area contributed by atoms with Crippen LogP contribution in [0.1, 0.15) is 11.5 Å². The van der Waals surface area contributed by atoms with Gasteiger partial charge in [0.15, 0.2) is 17.3 Å². The number of aromatic nitrogens is 9. The Kier molecular flexibility index (Phi) is 4.27. The predicted molar refractivity (Wildman–Crippen MR) is 99.8 cm³/mol. The number of anilines is 1. The first-order valence-electron chi connectivity index (χ1n) is 8.25. The Labute approximate surface area is 161 Å². The first kappa shape index (κ1) is 17.9. The van der Waals surface area contributed by atoms with Gasteiger partial charge in [0, 0.05) is 6.20 Å². The Morgan fingerprint density at radius 1 is 1.03 bits per heavy atom. The molecule has 0 aromatic carbocycles. The fraction of sp³-hybridized carbons (Fsp3) is 0.133. The predicted octanol–water partition coefficient (Wildman–Crippen LogP) is 0.234. The molecule has 0 aliphatic carbocycles. The molecule has 0 unspecified atom stereocenters. The van der Waals surface area contributed by atoms with Crippen molar-refractivity contribution in [2.45, 2.75) is 13.8 Å². The van der Waals surface area contributed by atoms with Crippen LogP contribution in [0.5, 0.6) is 0 Å². The number of aromatic amines is 2. The van der Waals surface area contributed by atoms with Gasteiger partial charge in [-0.25, -0.2) is 14.6 Å². The molecular weight excluding hydrogens is 380 g/mol. The van der Waals surface area contributed by atoms with Crippen molar-refractivity contribution in [3.63, 3.8) is 0 Å². The zero-order chi connectivity index (χ0) is 20.5. The van der Waals surface area contributed by atoms with Gasteiger partial charge in [-0.3, -0.25) is 9.97 Å². The molecule has 0 aliphatic heterocycles. The highest BCUT2D eigenvalue weighted by Gasteiger charge is 2.17. The summed E-state index contributed by atoms with van der Waals surface area (Å²) in [5, 5.41) is 16.7. The second-order valence-electron chi connectivity index (χ2n) is 5.81. The maximum Gasteiger partial charge on any atom is 0.352 e. The average Bonchev–Trinajstić information content (AvgIpc) is 3.19. The van der Waals surface area contributed by atoms with Gasteiger partial charge in [-0.05, 0) is 26.0 Å². The zero-order valence-corrected chi connectivity index (χ0v) is 15.2. The molecule has 0 fully saturated rings. The fourth-order valence-corrected chi connectivity index (χ4v) is 2.50. The smallest absolute Gasteiger partial charge is 0.352 e. The zero-order valence-electron chi connectivity index (χ0n) is 15.2. The summed E-state index contributed by atoms with van der Waals surface area (Å²) >= 11 is 0.